The Morgan fingerprint density at radius 1 is 1.03 bits per heavy atom. The Balaban J connectivity index is 2.12. The summed E-state index contributed by atoms with van der Waals surface area (Å²) < 4.78 is 17.9. The quantitative estimate of drug-likeness (QED) is 0.365. The summed E-state index contributed by atoms with van der Waals surface area (Å²) in [6, 6.07) is 9.43. The molecular formula is C27H45NO5Si. The number of rotatable bonds is 9. The third kappa shape index (κ3) is 7.65. The highest BCUT2D eigenvalue weighted by molar-refractivity contribution is 6.74. The standard InChI is InChI=1S/C27H45NO5Si/c1-18(25(30)31-17-20-14-12-11-13-15-20)24-23(19(2)33-34(9,10)27(6,7)8)21(28-24)16-22(29)32-26(3,4)5/h11-15,18-19,21,23-24,28H,16-17H2,1-10H3/t18-,19+,21?,23-,24+/m0/s1. The minimum Gasteiger partial charge on any atom is -0.461 e. The molecule has 1 aromatic carbocycles. The second-order valence-corrected chi connectivity index (χ2v) is 16.9. The molecule has 0 aliphatic carbocycles. The number of esters is 2. The van der Waals surface area contributed by atoms with Crippen LogP contribution < -0.4 is 5.32 Å². The molecule has 5 atom stereocenters. The third-order valence-corrected chi connectivity index (χ3v) is 11.6. The predicted molar refractivity (Wildman–Crippen MR) is 138 cm³/mol. The molecular weight excluding hydrogens is 446 g/mol. The zero-order valence-electron chi connectivity index (χ0n) is 22.7. The van der Waals surface area contributed by atoms with E-state index in [1.165, 1.54) is 0 Å². The zero-order chi connectivity index (χ0) is 25.9. The molecule has 1 aliphatic heterocycles. The average Bonchev–Trinajstić information content (AvgIpc) is 2.66. The summed E-state index contributed by atoms with van der Waals surface area (Å²) in [6.45, 7) is 20.9. The lowest BCUT2D eigenvalue weighted by atomic mass is 9.72. The van der Waals surface area contributed by atoms with Crippen LogP contribution in [-0.4, -0.2) is 44.0 Å². The van der Waals surface area contributed by atoms with Gasteiger partial charge in [-0.2, -0.15) is 0 Å². The first-order valence-electron chi connectivity index (χ1n) is 12.4. The normalized spacial score (nSPS) is 22.9. The van der Waals surface area contributed by atoms with Crippen molar-refractivity contribution in [3.05, 3.63) is 35.9 Å². The molecule has 1 heterocycles. The smallest absolute Gasteiger partial charge is 0.310 e. The van der Waals surface area contributed by atoms with E-state index in [0.29, 0.717) is 0 Å². The van der Waals surface area contributed by atoms with Gasteiger partial charge in [-0.15, -0.1) is 0 Å². The van der Waals surface area contributed by atoms with Crippen LogP contribution in [0.1, 0.15) is 67.4 Å². The Labute approximate surface area is 207 Å². The molecule has 1 aromatic rings. The molecule has 1 fully saturated rings. The van der Waals surface area contributed by atoms with Crippen LogP contribution in [0.15, 0.2) is 30.3 Å². The van der Waals surface area contributed by atoms with Crippen molar-refractivity contribution in [3.8, 4) is 0 Å². The second kappa shape index (κ2) is 10.9. The van der Waals surface area contributed by atoms with Gasteiger partial charge in [-0.1, -0.05) is 58.0 Å². The summed E-state index contributed by atoms with van der Waals surface area (Å²) in [5.74, 6) is -0.858. The molecule has 0 amide bonds. The summed E-state index contributed by atoms with van der Waals surface area (Å²) in [5.41, 5.74) is 0.423. The van der Waals surface area contributed by atoms with Gasteiger partial charge in [0.15, 0.2) is 8.32 Å². The van der Waals surface area contributed by atoms with Crippen LogP contribution in [0.3, 0.4) is 0 Å². The van der Waals surface area contributed by atoms with Gasteiger partial charge in [0.25, 0.3) is 0 Å². The van der Waals surface area contributed by atoms with Gasteiger partial charge < -0.3 is 19.2 Å². The fourth-order valence-corrected chi connectivity index (χ4v) is 5.62. The maximum atomic E-state index is 12.9. The molecule has 0 bridgehead atoms. The van der Waals surface area contributed by atoms with E-state index in [1.54, 1.807) is 0 Å². The molecule has 7 heteroatoms. The number of hydrogen-bond acceptors (Lipinski definition) is 6. The summed E-state index contributed by atoms with van der Waals surface area (Å²) in [6.07, 6.45) is 0.138. The van der Waals surface area contributed by atoms with Crippen LogP contribution >= 0.6 is 0 Å². The van der Waals surface area contributed by atoms with E-state index < -0.39 is 13.9 Å². The fourth-order valence-electron chi connectivity index (χ4n) is 4.18. The Bertz CT molecular complexity index is 828. The molecule has 0 spiro atoms. The molecule has 34 heavy (non-hydrogen) atoms. The second-order valence-electron chi connectivity index (χ2n) is 12.1. The zero-order valence-corrected chi connectivity index (χ0v) is 23.7. The van der Waals surface area contributed by atoms with Gasteiger partial charge in [-0.25, -0.2) is 0 Å². The number of nitrogens with one attached hydrogen (secondary N) is 1. The molecule has 1 unspecified atom stereocenters. The van der Waals surface area contributed by atoms with Crippen LogP contribution in [0.25, 0.3) is 0 Å². The Kier molecular flexibility index (Phi) is 9.16. The van der Waals surface area contributed by atoms with Gasteiger partial charge in [-0.3, -0.25) is 9.59 Å². The van der Waals surface area contributed by atoms with Crippen LogP contribution in [0.5, 0.6) is 0 Å². The highest BCUT2D eigenvalue weighted by atomic mass is 28.4. The third-order valence-electron chi connectivity index (χ3n) is 7.06. The van der Waals surface area contributed by atoms with Crippen LogP contribution in [0, 0.1) is 11.8 Å². The van der Waals surface area contributed by atoms with Crippen molar-refractivity contribution in [2.75, 3.05) is 0 Å². The predicted octanol–water partition coefficient (Wildman–Crippen LogP) is 5.46. The largest absolute Gasteiger partial charge is 0.461 e. The number of hydrogen-bond donors (Lipinski definition) is 1. The molecule has 192 valence electrons. The van der Waals surface area contributed by atoms with Gasteiger partial charge in [0.05, 0.1) is 12.3 Å². The van der Waals surface area contributed by atoms with E-state index in [4.69, 9.17) is 13.9 Å². The molecule has 0 radical (unpaired) electrons. The van der Waals surface area contributed by atoms with Gasteiger partial charge in [-0.05, 0) is 51.4 Å². The monoisotopic (exact) mass is 491 g/mol. The SMILES string of the molecule is C[C@H](C(=O)OCc1ccccc1)[C@H]1NC(CC(=O)OC(C)(C)C)[C@@H]1[C@@H](C)O[Si](C)(C)C(C)(C)C. The van der Waals surface area contributed by atoms with Crippen molar-refractivity contribution in [2.45, 2.75) is 110 Å². The van der Waals surface area contributed by atoms with Crippen molar-refractivity contribution in [2.24, 2.45) is 11.8 Å². The first-order valence-corrected chi connectivity index (χ1v) is 15.3. The molecule has 1 saturated heterocycles. The lowest BCUT2D eigenvalue weighted by Crippen LogP contribution is -2.69. The molecule has 1 aliphatic rings. The van der Waals surface area contributed by atoms with Crippen LogP contribution in [0.4, 0.5) is 0 Å². The summed E-state index contributed by atoms with van der Waals surface area (Å²) in [7, 11) is -2.03. The lowest BCUT2D eigenvalue weighted by Gasteiger charge is -2.52. The van der Waals surface area contributed by atoms with E-state index in [2.05, 4.69) is 46.1 Å². The van der Waals surface area contributed by atoms with E-state index >= 15 is 0 Å². The van der Waals surface area contributed by atoms with Crippen LogP contribution in [0.2, 0.25) is 18.1 Å². The fraction of sp³-hybridized carbons (Fsp3) is 0.704. The van der Waals surface area contributed by atoms with Crippen molar-refractivity contribution < 1.29 is 23.5 Å². The van der Waals surface area contributed by atoms with Gasteiger partial charge in [0.2, 0.25) is 0 Å². The van der Waals surface area contributed by atoms with Crippen molar-refractivity contribution in [1.29, 1.82) is 0 Å². The average molecular weight is 492 g/mol. The Morgan fingerprint density at radius 3 is 2.15 bits per heavy atom. The molecule has 0 aromatic heterocycles. The highest BCUT2D eigenvalue weighted by Crippen LogP contribution is 2.41. The maximum absolute atomic E-state index is 12.9. The minimum atomic E-state index is -2.03. The number of ether oxygens (including phenoxy) is 2. The first-order chi connectivity index (χ1) is 15.5. The molecule has 2 rings (SSSR count). The minimum absolute atomic E-state index is 0.000851. The molecule has 0 saturated carbocycles. The van der Waals surface area contributed by atoms with E-state index in [1.807, 2.05) is 58.0 Å². The summed E-state index contributed by atoms with van der Waals surface area (Å²) in [5, 5.41) is 3.53. The van der Waals surface area contributed by atoms with Crippen molar-refractivity contribution >= 4 is 20.3 Å². The molecule has 6 nitrogen and oxygen atoms in total. The van der Waals surface area contributed by atoms with Crippen LogP contribution in [-0.2, 0) is 30.1 Å². The Morgan fingerprint density at radius 2 is 1.62 bits per heavy atom. The Hall–Kier alpha value is -1.70. The topological polar surface area (TPSA) is 73.9 Å². The van der Waals surface area contributed by atoms with Crippen molar-refractivity contribution in [1.82, 2.24) is 5.32 Å². The van der Waals surface area contributed by atoms with E-state index in [9.17, 15) is 9.59 Å². The number of benzene rings is 1. The lowest BCUT2D eigenvalue weighted by molar-refractivity contribution is -0.159. The highest BCUT2D eigenvalue weighted by Gasteiger charge is 2.51. The van der Waals surface area contributed by atoms with E-state index in [-0.39, 0.29) is 60.0 Å². The van der Waals surface area contributed by atoms with E-state index in [0.717, 1.165) is 5.56 Å². The van der Waals surface area contributed by atoms with Crippen molar-refractivity contribution in [3.63, 3.8) is 0 Å². The summed E-state index contributed by atoms with van der Waals surface area (Å²) >= 11 is 0. The summed E-state index contributed by atoms with van der Waals surface area (Å²) in [4.78, 5) is 25.5. The maximum Gasteiger partial charge on any atom is 0.310 e. The van der Waals surface area contributed by atoms with Gasteiger partial charge >= 0.3 is 11.9 Å². The number of carbonyl (C=O) groups is 2. The molecule has 1 N–H and O–H groups in total. The van der Waals surface area contributed by atoms with Gasteiger partial charge in [0.1, 0.15) is 12.2 Å². The first kappa shape index (κ1) is 28.5. The van der Waals surface area contributed by atoms with Gasteiger partial charge in [0, 0.05) is 24.1 Å². The number of carbonyl (C=O) groups excluding carboxylic acids is 2.